The Kier molecular flexibility index (Phi) is 4.05. The number of anilines is 1. The third-order valence-corrected chi connectivity index (χ3v) is 4.81. The molecule has 0 spiro atoms. The number of ether oxygens (including phenoxy) is 1. The molecule has 1 aromatic carbocycles. The van der Waals surface area contributed by atoms with Gasteiger partial charge in [0.15, 0.2) is 0 Å². The second-order valence-electron chi connectivity index (χ2n) is 6.30. The number of carbonyl (C=O) groups is 2. The first-order chi connectivity index (χ1) is 10.6. The van der Waals surface area contributed by atoms with Crippen LogP contribution >= 0.6 is 0 Å². The molecule has 0 radical (unpaired) electrons. The molecule has 2 aliphatic rings. The van der Waals surface area contributed by atoms with Gasteiger partial charge in [-0.2, -0.15) is 0 Å². The monoisotopic (exact) mass is 302 g/mol. The largest absolute Gasteiger partial charge is 0.497 e. The van der Waals surface area contributed by atoms with Crippen LogP contribution in [0.25, 0.3) is 0 Å². The van der Waals surface area contributed by atoms with Gasteiger partial charge in [-0.15, -0.1) is 0 Å². The summed E-state index contributed by atoms with van der Waals surface area (Å²) >= 11 is 0. The second-order valence-corrected chi connectivity index (χ2v) is 6.30. The number of likely N-dealkylation sites (tertiary alicyclic amines) is 1. The van der Waals surface area contributed by atoms with Crippen molar-refractivity contribution in [1.82, 2.24) is 4.90 Å². The fourth-order valence-electron chi connectivity index (χ4n) is 3.49. The lowest BCUT2D eigenvalue weighted by Gasteiger charge is -2.25. The van der Waals surface area contributed by atoms with Crippen molar-refractivity contribution in [2.75, 3.05) is 19.1 Å². The molecule has 1 aliphatic carbocycles. The van der Waals surface area contributed by atoms with E-state index in [0.29, 0.717) is 5.92 Å². The van der Waals surface area contributed by atoms with Gasteiger partial charge < -0.3 is 10.1 Å². The average molecular weight is 302 g/mol. The molecule has 1 saturated carbocycles. The van der Waals surface area contributed by atoms with E-state index in [-0.39, 0.29) is 30.3 Å². The summed E-state index contributed by atoms with van der Waals surface area (Å²) in [6.07, 6.45) is 2.73. The Hall–Kier alpha value is -2.04. The fraction of sp³-hybridized carbons (Fsp3) is 0.529. The fourth-order valence-corrected chi connectivity index (χ4v) is 3.49. The minimum absolute atomic E-state index is 0.0112. The van der Waals surface area contributed by atoms with E-state index in [1.807, 2.05) is 24.3 Å². The molecule has 5 heteroatoms. The molecule has 3 atom stereocenters. The van der Waals surface area contributed by atoms with E-state index in [4.69, 9.17) is 4.74 Å². The number of carbonyl (C=O) groups excluding carboxylic acids is 2. The standard InChI is InChI=1S/C17H22N2O3/c1-11-3-8-14-15(9-11)17(21)19(16(14)20)10-18-12-4-6-13(22-2)7-5-12/h4-7,11,14-15,18H,3,8-10H2,1-2H3/t11-,14+,15-/m1/s1. The number of nitrogens with zero attached hydrogens (tertiary/aromatic N) is 1. The van der Waals surface area contributed by atoms with Gasteiger partial charge in [-0.05, 0) is 49.4 Å². The molecular formula is C17H22N2O3. The van der Waals surface area contributed by atoms with Gasteiger partial charge in [0.25, 0.3) is 0 Å². The van der Waals surface area contributed by atoms with Crippen LogP contribution in [0.4, 0.5) is 5.69 Å². The lowest BCUT2D eigenvalue weighted by atomic mass is 9.76. The lowest BCUT2D eigenvalue weighted by molar-refractivity contribution is -0.139. The predicted molar refractivity (Wildman–Crippen MR) is 83.3 cm³/mol. The Balaban J connectivity index is 1.64. The highest BCUT2D eigenvalue weighted by molar-refractivity contribution is 6.05. The summed E-state index contributed by atoms with van der Waals surface area (Å²) in [4.78, 5) is 26.3. The molecule has 1 aromatic rings. The zero-order valence-electron chi connectivity index (χ0n) is 13.0. The maximum atomic E-state index is 12.5. The van der Waals surface area contributed by atoms with E-state index in [1.165, 1.54) is 4.90 Å². The molecule has 1 N–H and O–H groups in total. The zero-order valence-corrected chi connectivity index (χ0v) is 13.0. The van der Waals surface area contributed by atoms with Crippen molar-refractivity contribution in [3.05, 3.63) is 24.3 Å². The topological polar surface area (TPSA) is 58.6 Å². The minimum atomic E-state index is -0.103. The molecule has 0 bridgehead atoms. The van der Waals surface area contributed by atoms with Crippen molar-refractivity contribution < 1.29 is 14.3 Å². The third kappa shape index (κ3) is 2.67. The minimum Gasteiger partial charge on any atom is -0.497 e. The maximum Gasteiger partial charge on any atom is 0.234 e. The van der Waals surface area contributed by atoms with E-state index in [2.05, 4.69) is 12.2 Å². The average Bonchev–Trinajstić information content (AvgIpc) is 2.77. The van der Waals surface area contributed by atoms with Crippen molar-refractivity contribution in [3.8, 4) is 5.75 Å². The number of benzene rings is 1. The molecule has 118 valence electrons. The van der Waals surface area contributed by atoms with Crippen molar-refractivity contribution in [1.29, 1.82) is 0 Å². The number of amides is 2. The number of imide groups is 1. The smallest absolute Gasteiger partial charge is 0.234 e. The Morgan fingerprint density at radius 2 is 1.82 bits per heavy atom. The first-order valence-electron chi connectivity index (χ1n) is 7.83. The molecule has 1 saturated heterocycles. The quantitative estimate of drug-likeness (QED) is 0.868. The highest BCUT2D eigenvalue weighted by atomic mass is 16.5. The zero-order chi connectivity index (χ0) is 15.7. The Morgan fingerprint density at radius 3 is 2.50 bits per heavy atom. The van der Waals surface area contributed by atoms with Crippen LogP contribution in [0.1, 0.15) is 26.2 Å². The van der Waals surface area contributed by atoms with Crippen LogP contribution in [0, 0.1) is 17.8 Å². The number of hydrogen-bond donors (Lipinski definition) is 1. The van der Waals surface area contributed by atoms with Gasteiger partial charge in [-0.3, -0.25) is 14.5 Å². The van der Waals surface area contributed by atoms with Crippen molar-refractivity contribution >= 4 is 17.5 Å². The summed E-state index contributed by atoms with van der Waals surface area (Å²) in [5, 5.41) is 3.15. The summed E-state index contributed by atoms with van der Waals surface area (Å²) in [6.45, 7) is 2.40. The van der Waals surface area contributed by atoms with Gasteiger partial charge in [0, 0.05) is 5.69 Å². The molecule has 0 aromatic heterocycles. The van der Waals surface area contributed by atoms with Gasteiger partial charge in [0.2, 0.25) is 11.8 Å². The van der Waals surface area contributed by atoms with E-state index in [9.17, 15) is 9.59 Å². The van der Waals surface area contributed by atoms with Gasteiger partial charge >= 0.3 is 0 Å². The summed E-state index contributed by atoms with van der Waals surface area (Å²) in [7, 11) is 1.62. The summed E-state index contributed by atoms with van der Waals surface area (Å²) in [5.74, 6) is 1.09. The van der Waals surface area contributed by atoms with Crippen LogP contribution in [0.15, 0.2) is 24.3 Å². The van der Waals surface area contributed by atoms with Gasteiger partial charge in [-0.25, -0.2) is 0 Å². The molecule has 2 fully saturated rings. The normalized spacial score (nSPS) is 27.7. The van der Waals surface area contributed by atoms with Crippen molar-refractivity contribution in [2.24, 2.45) is 17.8 Å². The van der Waals surface area contributed by atoms with Crippen LogP contribution in [0.5, 0.6) is 5.75 Å². The second kappa shape index (κ2) is 5.99. The first-order valence-corrected chi connectivity index (χ1v) is 7.83. The maximum absolute atomic E-state index is 12.5. The Labute approximate surface area is 130 Å². The number of rotatable bonds is 4. The molecule has 1 heterocycles. The summed E-state index contributed by atoms with van der Waals surface area (Å²) in [5.41, 5.74) is 0.865. The van der Waals surface area contributed by atoms with Crippen LogP contribution in [0.2, 0.25) is 0 Å². The van der Waals surface area contributed by atoms with Gasteiger partial charge in [0.1, 0.15) is 5.75 Å². The van der Waals surface area contributed by atoms with Crippen LogP contribution in [0.3, 0.4) is 0 Å². The van der Waals surface area contributed by atoms with Crippen LogP contribution in [-0.4, -0.2) is 30.5 Å². The van der Waals surface area contributed by atoms with E-state index >= 15 is 0 Å². The number of hydrogen-bond acceptors (Lipinski definition) is 4. The van der Waals surface area contributed by atoms with Crippen molar-refractivity contribution in [2.45, 2.75) is 26.2 Å². The highest BCUT2D eigenvalue weighted by Crippen LogP contribution is 2.40. The molecule has 0 unspecified atom stereocenters. The molecular weight excluding hydrogens is 280 g/mol. The molecule has 3 rings (SSSR count). The van der Waals surface area contributed by atoms with Gasteiger partial charge in [-0.1, -0.05) is 6.92 Å². The molecule has 5 nitrogen and oxygen atoms in total. The summed E-state index contributed by atoms with van der Waals surface area (Å²) in [6, 6.07) is 7.44. The highest BCUT2D eigenvalue weighted by Gasteiger charge is 2.49. The van der Waals surface area contributed by atoms with Crippen LogP contribution < -0.4 is 10.1 Å². The SMILES string of the molecule is COc1ccc(NCN2C(=O)[C@H]3CC[C@@H](C)C[C@H]3C2=O)cc1. The Morgan fingerprint density at radius 1 is 1.14 bits per heavy atom. The number of fused-ring (bicyclic) bond motifs is 1. The van der Waals surface area contributed by atoms with E-state index in [0.717, 1.165) is 30.7 Å². The third-order valence-electron chi connectivity index (χ3n) is 4.81. The van der Waals surface area contributed by atoms with Gasteiger partial charge in [0.05, 0.1) is 25.6 Å². The molecule has 1 aliphatic heterocycles. The predicted octanol–water partition coefficient (Wildman–Crippen LogP) is 2.49. The van der Waals surface area contributed by atoms with E-state index in [1.54, 1.807) is 7.11 Å². The van der Waals surface area contributed by atoms with E-state index < -0.39 is 0 Å². The van der Waals surface area contributed by atoms with Crippen LogP contribution in [-0.2, 0) is 9.59 Å². The number of nitrogens with one attached hydrogen (secondary N) is 1. The number of methoxy groups -OCH3 is 1. The summed E-state index contributed by atoms with van der Waals surface area (Å²) < 4.78 is 5.11. The first kappa shape index (κ1) is 14.9. The molecule has 2 amide bonds. The Bertz CT molecular complexity index is 570. The molecule has 22 heavy (non-hydrogen) atoms. The van der Waals surface area contributed by atoms with Crippen molar-refractivity contribution in [3.63, 3.8) is 0 Å². The lowest BCUT2D eigenvalue weighted by Crippen LogP contribution is -2.35.